The van der Waals surface area contributed by atoms with Gasteiger partial charge in [0, 0.05) is 12.1 Å². The molecule has 1 fully saturated rings. The summed E-state index contributed by atoms with van der Waals surface area (Å²) in [6, 6.07) is 8.48. The maximum atomic E-state index is 5.80. The molecule has 1 aromatic carbocycles. The maximum absolute atomic E-state index is 5.80. The third kappa shape index (κ3) is 3.39. The Bertz CT molecular complexity index is 367. The van der Waals surface area contributed by atoms with Crippen LogP contribution >= 0.6 is 0 Å². The Morgan fingerprint density at radius 2 is 2.11 bits per heavy atom. The van der Waals surface area contributed by atoms with Gasteiger partial charge in [-0.3, -0.25) is 0 Å². The molecular weight excluding hydrogens is 226 g/mol. The minimum Gasteiger partial charge on any atom is -0.497 e. The standard InChI is InChI=1S/C15H23NO2/c1-16-15-8-3-5-12(15)9-10-18-14-7-4-6-13(11-14)17-2/h4,6-7,11-12,15-16H,3,5,8-10H2,1-2H3. The van der Waals surface area contributed by atoms with Gasteiger partial charge in [-0.2, -0.15) is 0 Å². The number of benzene rings is 1. The van der Waals surface area contributed by atoms with Crippen molar-refractivity contribution in [2.75, 3.05) is 20.8 Å². The summed E-state index contributed by atoms with van der Waals surface area (Å²) in [6.07, 6.45) is 5.10. The van der Waals surface area contributed by atoms with Gasteiger partial charge in [0.2, 0.25) is 0 Å². The van der Waals surface area contributed by atoms with Gasteiger partial charge < -0.3 is 14.8 Å². The minimum absolute atomic E-state index is 0.680. The highest BCUT2D eigenvalue weighted by Gasteiger charge is 2.25. The lowest BCUT2D eigenvalue weighted by Gasteiger charge is -2.19. The van der Waals surface area contributed by atoms with Crippen molar-refractivity contribution in [3.8, 4) is 11.5 Å². The van der Waals surface area contributed by atoms with Gasteiger partial charge in [-0.05, 0) is 44.4 Å². The average Bonchev–Trinajstić information content (AvgIpc) is 2.86. The molecule has 3 heteroatoms. The second kappa shape index (κ2) is 6.64. The van der Waals surface area contributed by atoms with Crippen LogP contribution in [0.25, 0.3) is 0 Å². The lowest BCUT2D eigenvalue weighted by molar-refractivity contribution is 0.262. The number of ether oxygens (including phenoxy) is 2. The lowest BCUT2D eigenvalue weighted by atomic mass is 10.0. The molecule has 2 rings (SSSR count). The predicted molar refractivity (Wildman–Crippen MR) is 73.3 cm³/mol. The largest absolute Gasteiger partial charge is 0.497 e. The van der Waals surface area contributed by atoms with Crippen LogP contribution in [0.2, 0.25) is 0 Å². The van der Waals surface area contributed by atoms with Gasteiger partial charge in [0.25, 0.3) is 0 Å². The number of nitrogens with one attached hydrogen (secondary N) is 1. The second-order valence-corrected chi connectivity index (χ2v) is 4.90. The van der Waals surface area contributed by atoms with Crippen LogP contribution in [0.15, 0.2) is 24.3 Å². The van der Waals surface area contributed by atoms with Crippen molar-refractivity contribution in [3.63, 3.8) is 0 Å². The molecule has 0 bridgehead atoms. The molecule has 0 aliphatic heterocycles. The molecule has 0 radical (unpaired) electrons. The van der Waals surface area contributed by atoms with Crippen LogP contribution in [-0.2, 0) is 0 Å². The van der Waals surface area contributed by atoms with Gasteiger partial charge >= 0.3 is 0 Å². The van der Waals surface area contributed by atoms with Crippen molar-refractivity contribution in [3.05, 3.63) is 24.3 Å². The number of hydrogen-bond donors (Lipinski definition) is 1. The summed E-state index contributed by atoms with van der Waals surface area (Å²) in [7, 11) is 3.74. The van der Waals surface area contributed by atoms with Crippen molar-refractivity contribution in [2.24, 2.45) is 5.92 Å². The molecule has 1 aliphatic carbocycles. The summed E-state index contributed by atoms with van der Waals surface area (Å²) in [5, 5.41) is 3.41. The van der Waals surface area contributed by atoms with E-state index in [2.05, 4.69) is 12.4 Å². The Labute approximate surface area is 109 Å². The van der Waals surface area contributed by atoms with E-state index in [0.29, 0.717) is 6.04 Å². The van der Waals surface area contributed by atoms with Gasteiger partial charge in [-0.25, -0.2) is 0 Å². The predicted octanol–water partition coefficient (Wildman–Crippen LogP) is 2.85. The van der Waals surface area contributed by atoms with Crippen molar-refractivity contribution in [2.45, 2.75) is 31.7 Å². The van der Waals surface area contributed by atoms with E-state index in [9.17, 15) is 0 Å². The van der Waals surface area contributed by atoms with E-state index >= 15 is 0 Å². The Hall–Kier alpha value is -1.22. The molecule has 1 N–H and O–H groups in total. The fraction of sp³-hybridized carbons (Fsp3) is 0.600. The molecule has 0 spiro atoms. The summed E-state index contributed by atoms with van der Waals surface area (Å²) in [5.74, 6) is 2.51. The fourth-order valence-electron chi connectivity index (χ4n) is 2.78. The Morgan fingerprint density at radius 3 is 2.89 bits per heavy atom. The van der Waals surface area contributed by atoms with E-state index < -0.39 is 0 Å². The molecule has 100 valence electrons. The summed E-state index contributed by atoms with van der Waals surface area (Å²) in [6.45, 7) is 0.788. The second-order valence-electron chi connectivity index (χ2n) is 4.90. The summed E-state index contributed by atoms with van der Waals surface area (Å²) < 4.78 is 11.0. The van der Waals surface area contributed by atoms with Crippen LogP contribution in [0, 0.1) is 5.92 Å². The summed E-state index contributed by atoms with van der Waals surface area (Å²) in [5.41, 5.74) is 0. The van der Waals surface area contributed by atoms with Gasteiger partial charge in [0.05, 0.1) is 13.7 Å². The molecular formula is C15H23NO2. The van der Waals surface area contributed by atoms with Crippen molar-refractivity contribution < 1.29 is 9.47 Å². The molecule has 18 heavy (non-hydrogen) atoms. The molecule has 1 aliphatic rings. The third-order valence-electron chi connectivity index (χ3n) is 3.83. The minimum atomic E-state index is 0.680. The zero-order valence-electron chi connectivity index (χ0n) is 11.3. The topological polar surface area (TPSA) is 30.5 Å². The summed E-state index contributed by atoms with van der Waals surface area (Å²) >= 11 is 0. The monoisotopic (exact) mass is 249 g/mol. The number of methoxy groups -OCH3 is 1. The van der Waals surface area contributed by atoms with Gasteiger partial charge in [0.1, 0.15) is 11.5 Å². The molecule has 0 amide bonds. The first-order chi connectivity index (χ1) is 8.83. The van der Waals surface area contributed by atoms with E-state index in [4.69, 9.17) is 9.47 Å². The zero-order chi connectivity index (χ0) is 12.8. The van der Waals surface area contributed by atoms with Crippen LogP contribution in [0.1, 0.15) is 25.7 Å². The van der Waals surface area contributed by atoms with E-state index in [-0.39, 0.29) is 0 Å². The molecule has 0 saturated heterocycles. The quantitative estimate of drug-likeness (QED) is 0.841. The highest BCUT2D eigenvalue weighted by molar-refractivity contribution is 5.32. The molecule has 2 atom stereocenters. The third-order valence-corrected chi connectivity index (χ3v) is 3.83. The van der Waals surface area contributed by atoms with Crippen molar-refractivity contribution in [1.29, 1.82) is 0 Å². The molecule has 2 unspecified atom stereocenters. The lowest BCUT2D eigenvalue weighted by Crippen LogP contribution is -2.29. The van der Waals surface area contributed by atoms with Crippen molar-refractivity contribution >= 4 is 0 Å². The number of hydrogen-bond acceptors (Lipinski definition) is 3. The van der Waals surface area contributed by atoms with Crippen LogP contribution in [0.4, 0.5) is 0 Å². The fourth-order valence-corrected chi connectivity index (χ4v) is 2.78. The zero-order valence-corrected chi connectivity index (χ0v) is 11.3. The van der Waals surface area contributed by atoms with Crippen LogP contribution in [0.3, 0.4) is 0 Å². The first kappa shape index (κ1) is 13.2. The smallest absolute Gasteiger partial charge is 0.122 e. The van der Waals surface area contributed by atoms with Crippen LogP contribution in [0.5, 0.6) is 11.5 Å². The highest BCUT2D eigenvalue weighted by atomic mass is 16.5. The van der Waals surface area contributed by atoms with E-state index in [0.717, 1.165) is 30.4 Å². The van der Waals surface area contributed by atoms with Crippen molar-refractivity contribution in [1.82, 2.24) is 5.32 Å². The number of rotatable bonds is 6. The first-order valence-corrected chi connectivity index (χ1v) is 6.77. The first-order valence-electron chi connectivity index (χ1n) is 6.77. The molecule has 1 aromatic rings. The summed E-state index contributed by atoms with van der Waals surface area (Å²) in [4.78, 5) is 0. The van der Waals surface area contributed by atoms with E-state index in [1.54, 1.807) is 7.11 Å². The Balaban J connectivity index is 1.77. The van der Waals surface area contributed by atoms with E-state index in [1.165, 1.54) is 19.3 Å². The Kier molecular flexibility index (Phi) is 4.88. The van der Waals surface area contributed by atoms with E-state index in [1.807, 2.05) is 24.3 Å². The Morgan fingerprint density at radius 1 is 1.28 bits per heavy atom. The van der Waals surface area contributed by atoms with Gasteiger partial charge in [-0.1, -0.05) is 12.5 Å². The maximum Gasteiger partial charge on any atom is 0.122 e. The normalized spacial score (nSPS) is 23.0. The van der Waals surface area contributed by atoms with Crippen LogP contribution in [-0.4, -0.2) is 26.8 Å². The molecule has 3 nitrogen and oxygen atoms in total. The highest BCUT2D eigenvalue weighted by Crippen LogP contribution is 2.28. The average molecular weight is 249 g/mol. The SMILES string of the molecule is CNC1CCCC1CCOc1cccc(OC)c1. The molecule has 0 heterocycles. The molecule has 0 aromatic heterocycles. The molecule has 1 saturated carbocycles. The van der Waals surface area contributed by atoms with Gasteiger partial charge in [0.15, 0.2) is 0 Å². The van der Waals surface area contributed by atoms with Crippen LogP contribution < -0.4 is 14.8 Å². The van der Waals surface area contributed by atoms with Gasteiger partial charge in [-0.15, -0.1) is 0 Å².